The fraction of sp³-hybridized carbons (Fsp3) is 0.533. The van der Waals surface area contributed by atoms with Gasteiger partial charge in [0.15, 0.2) is 10.8 Å². The van der Waals surface area contributed by atoms with Crippen LogP contribution in [0.5, 0.6) is 0 Å². The molecule has 72 heavy (non-hydrogen) atoms. The summed E-state index contributed by atoms with van der Waals surface area (Å²) < 4.78 is 35.5. The van der Waals surface area contributed by atoms with E-state index < -0.39 is 63.2 Å². The van der Waals surface area contributed by atoms with Gasteiger partial charge in [-0.25, -0.2) is 0 Å². The zero-order chi connectivity index (χ0) is 53.7. The Morgan fingerprint density at radius 2 is 0.694 bits per heavy atom. The quantitative estimate of drug-likeness (QED) is 0.0695. The molecule has 0 aliphatic heterocycles. The molecule has 0 aromatic heterocycles. The van der Waals surface area contributed by atoms with Crippen molar-refractivity contribution in [3.8, 4) is 0 Å². The number of methoxy groups -OCH3 is 4. The number of esters is 4. The number of hydrogen-bond donors (Lipinski definition) is 0. The van der Waals surface area contributed by atoms with Crippen LogP contribution < -0.4 is 0 Å². The van der Waals surface area contributed by atoms with Gasteiger partial charge in [0.05, 0.1) is 51.8 Å². The molecule has 0 spiro atoms. The number of hydrogen-bond acceptors (Lipinski definition) is 10. The van der Waals surface area contributed by atoms with Gasteiger partial charge >= 0.3 is 23.9 Å². The summed E-state index contributed by atoms with van der Waals surface area (Å²) in [6.07, 6.45) is 15.7. The molecule has 0 saturated carbocycles. The van der Waals surface area contributed by atoms with E-state index in [9.17, 15) is 19.2 Å². The van der Waals surface area contributed by atoms with Crippen molar-refractivity contribution in [3.05, 3.63) is 143 Å². The second kappa shape index (κ2) is 23.3. The van der Waals surface area contributed by atoms with Crippen LogP contribution in [0.3, 0.4) is 0 Å². The molecular weight excluding hydrogens is 937 g/mol. The number of carbonyl (C=O) groups excluding carboxylic acids is 4. The Morgan fingerprint density at radius 1 is 0.431 bits per heavy atom. The molecule has 0 saturated heterocycles. The van der Waals surface area contributed by atoms with Crippen LogP contribution in [0.1, 0.15) is 120 Å². The fourth-order valence-corrected chi connectivity index (χ4v) is 23.8. The summed E-state index contributed by atoms with van der Waals surface area (Å²) in [6, 6.07) is 20.7. The van der Waals surface area contributed by atoms with Crippen LogP contribution in [-0.4, -0.2) is 69.0 Å². The number of benzene rings is 2. The normalized spacial score (nSPS) is 23.2. The minimum absolute atomic E-state index is 0.0267. The first-order valence-corrected chi connectivity index (χ1v) is 30.3. The monoisotopic (exact) mass is 1020 g/mol. The zero-order valence-electron chi connectivity index (χ0n) is 46.4. The average Bonchev–Trinajstić information content (AvgIpc) is 3.84. The van der Waals surface area contributed by atoms with Gasteiger partial charge in [-0.15, -0.1) is 0 Å². The lowest BCUT2D eigenvalue weighted by atomic mass is 9.75. The molecule has 6 rings (SSSR count). The van der Waals surface area contributed by atoms with Gasteiger partial charge in [-0.2, -0.15) is 0 Å². The van der Waals surface area contributed by atoms with Gasteiger partial charge in [-0.3, -0.25) is 19.2 Å². The lowest BCUT2D eigenvalue weighted by Gasteiger charge is -2.45. The molecule has 2 aromatic carbocycles. The van der Waals surface area contributed by atoms with Crippen molar-refractivity contribution in [2.75, 3.05) is 28.4 Å². The van der Waals surface area contributed by atoms with Gasteiger partial charge in [-0.05, 0) is 79.5 Å². The van der Waals surface area contributed by atoms with E-state index in [0.717, 1.165) is 11.1 Å². The van der Waals surface area contributed by atoms with Crippen LogP contribution in [0.2, 0.25) is 33.2 Å². The first-order chi connectivity index (χ1) is 33.9. The van der Waals surface area contributed by atoms with Crippen molar-refractivity contribution >= 4 is 40.5 Å². The maximum atomic E-state index is 13.4. The van der Waals surface area contributed by atoms with E-state index in [2.05, 4.69) is 146 Å². The van der Waals surface area contributed by atoms with E-state index in [1.54, 1.807) is 12.2 Å². The summed E-state index contributed by atoms with van der Waals surface area (Å²) in [5.74, 6) is -2.16. The van der Waals surface area contributed by atoms with Crippen LogP contribution in [0.25, 0.3) is 0 Å². The first-order valence-electron chi connectivity index (χ1n) is 26.0. The molecule has 0 bridgehead atoms. The van der Waals surface area contributed by atoms with Crippen molar-refractivity contribution in [1.29, 1.82) is 0 Å². The summed E-state index contributed by atoms with van der Waals surface area (Å²) in [4.78, 5) is 53.5. The van der Waals surface area contributed by atoms with Crippen molar-refractivity contribution in [3.63, 3.8) is 0 Å². The molecule has 0 heterocycles. The summed E-state index contributed by atoms with van der Waals surface area (Å²) >= 11 is 0. The predicted molar refractivity (Wildman–Crippen MR) is 291 cm³/mol. The second-order valence-electron chi connectivity index (χ2n) is 22.1. The molecule has 0 amide bonds. The van der Waals surface area contributed by atoms with E-state index in [1.165, 1.54) is 39.6 Å². The third kappa shape index (κ3) is 10.2. The van der Waals surface area contributed by atoms with Gasteiger partial charge in [-0.1, -0.05) is 194 Å². The second-order valence-corrected chi connectivity index (χ2v) is 32.9. The Kier molecular flexibility index (Phi) is 18.7. The zero-order valence-corrected chi connectivity index (χ0v) is 48.4. The highest BCUT2D eigenvalue weighted by Gasteiger charge is 2.62. The van der Waals surface area contributed by atoms with Crippen LogP contribution in [0.15, 0.2) is 132 Å². The Labute approximate surface area is 433 Å². The SMILES string of the molecule is COC(=O)C1(C(=O)OC)C=CC2=C[C@@H](C)[C@@H](c3ccccc3)C=C(O[Si](C(C)C)(C(C)C)C(C)C)[C@H]21.COC(=O)C1(C(=O)OC)C=CC2=C[C@H](C)[C@H](c3ccccc3)C=C(O[Si](C(C)C)(C(C)C)C(C)C)[C@@H]21. The number of rotatable bonds is 16. The van der Waals surface area contributed by atoms with E-state index >= 15 is 0 Å². The molecule has 0 unspecified atom stereocenters. The van der Waals surface area contributed by atoms with Gasteiger partial charge in [0.1, 0.15) is 0 Å². The van der Waals surface area contributed by atoms with E-state index in [4.69, 9.17) is 27.8 Å². The predicted octanol–water partition coefficient (Wildman–Crippen LogP) is 13.9. The average molecular weight is 1020 g/mol. The lowest BCUT2D eigenvalue weighted by Crippen LogP contribution is -2.51. The highest BCUT2D eigenvalue weighted by Crippen LogP contribution is 2.56. The van der Waals surface area contributed by atoms with Gasteiger partial charge in [0.25, 0.3) is 16.6 Å². The molecular formula is C60H84O10Si2. The fourth-order valence-electron chi connectivity index (χ4n) is 13.1. The highest BCUT2D eigenvalue weighted by molar-refractivity contribution is 6.78. The molecule has 4 aliphatic carbocycles. The molecule has 6 atom stereocenters. The molecule has 0 radical (unpaired) electrons. The van der Waals surface area contributed by atoms with Crippen LogP contribution >= 0.6 is 0 Å². The van der Waals surface area contributed by atoms with E-state index in [0.29, 0.717) is 44.8 Å². The number of fused-ring (bicyclic) bond motifs is 2. The minimum Gasteiger partial charge on any atom is -0.545 e. The third-order valence-electron chi connectivity index (χ3n) is 16.4. The summed E-state index contributed by atoms with van der Waals surface area (Å²) in [5, 5.41) is 0. The van der Waals surface area contributed by atoms with Gasteiger partial charge < -0.3 is 27.8 Å². The van der Waals surface area contributed by atoms with Crippen molar-refractivity contribution in [2.45, 2.75) is 142 Å². The van der Waals surface area contributed by atoms with Gasteiger partial charge in [0, 0.05) is 11.8 Å². The summed E-state index contributed by atoms with van der Waals surface area (Å²) in [7, 11) is 0.396. The molecule has 10 nitrogen and oxygen atoms in total. The van der Waals surface area contributed by atoms with Crippen LogP contribution in [0.4, 0.5) is 0 Å². The summed E-state index contributed by atoms with van der Waals surface area (Å²) in [6.45, 7) is 31.2. The third-order valence-corrected chi connectivity index (χ3v) is 28.4. The lowest BCUT2D eigenvalue weighted by molar-refractivity contribution is -0.168. The largest absolute Gasteiger partial charge is 0.545 e. The van der Waals surface area contributed by atoms with E-state index in [-0.39, 0.29) is 23.7 Å². The Morgan fingerprint density at radius 3 is 0.931 bits per heavy atom. The maximum Gasteiger partial charge on any atom is 0.328 e. The number of carbonyl (C=O) groups is 4. The van der Waals surface area contributed by atoms with Crippen molar-refractivity contribution in [2.24, 2.45) is 34.5 Å². The summed E-state index contributed by atoms with van der Waals surface area (Å²) in [5.41, 5.74) is 2.79. The van der Waals surface area contributed by atoms with Crippen molar-refractivity contribution in [1.82, 2.24) is 0 Å². The highest BCUT2D eigenvalue weighted by atomic mass is 28.4. The number of ether oxygens (including phenoxy) is 4. The molecule has 12 heteroatoms. The molecule has 2 aromatic rings. The van der Waals surface area contributed by atoms with E-state index in [1.807, 2.05) is 48.6 Å². The van der Waals surface area contributed by atoms with Crippen molar-refractivity contribution < 1.29 is 47.0 Å². The topological polar surface area (TPSA) is 124 Å². The molecule has 0 fully saturated rings. The number of allylic oxidation sites excluding steroid dienone is 8. The Hall–Kier alpha value is -5.21. The molecule has 0 N–H and O–H groups in total. The van der Waals surface area contributed by atoms with Gasteiger partial charge in [0.2, 0.25) is 0 Å². The Balaban J connectivity index is 0.000000267. The molecule has 4 aliphatic rings. The first kappa shape index (κ1) is 57.7. The maximum absolute atomic E-state index is 13.4. The standard InChI is InChI=1S/2C30H42O5Si/c2*1-19(2)36(20(3)4,21(5)6)35-26-18-25(23-13-11-10-12-14-23)22(7)17-24-15-16-30(27(24)26,28(31)33-8)29(32)34-9/h2*10-22,25,27H,1-9H3/t2*22-,25+,27+/m10/s1. The smallest absolute Gasteiger partial charge is 0.328 e. The molecule has 392 valence electrons. The van der Waals surface area contributed by atoms with Crippen LogP contribution in [-0.2, 0) is 47.0 Å². The van der Waals surface area contributed by atoms with Crippen LogP contribution in [0, 0.1) is 34.5 Å². The minimum atomic E-state index is -2.43. The Bertz CT molecular complexity index is 2190.